The molecule has 0 aliphatic carbocycles. The van der Waals surface area contributed by atoms with Gasteiger partial charge in [0, 0.05) is 23.9 Å². The van der Waals surface area contributed by atoms with Crippen molar-refractivity contribution in [1.29, 1.82) is 5.41 Å². The number of carboxylic acid groups (broad SMARTS) is 1. The maximum Gasteiger partial charge on any atom is 0.335 e. The van der Waals surface area contributed by atoms with E-state index in [0.29, 0.717) is 23.2 Å². The number of benzene rings is 3. The standard InChI is InChI=1S/C26H25N5O3/c1-3-16-4-6-18(7-5-16)25(32)30-24(27)17-8-11-20(12-9-17)28-15-23-29-21-14-19(26(33)34)10-13-22(21)31(23)2/h4-14,28H,3,15H2,1-2H3,(H,33,34)(H2,27,30,32). The molecule has 4 N–H and O–H groups in total. The summed E-state index contributed by atoms with van der Waals surface area (Å²) in [5.41, 5.74) is 4.77. The smallest absolute Gasteiger partial charge is 0.335 e. The van der Waals surface area contributed by atoms with Crippen molar-refractivity contribution in [2.24, 2.45) is 7.05 Å². The summed E-state index contributed by atoms with van der Waals surface area (Å²) in [6.07, 6.45) is 0.903. The second-order valence-corrected chi connectivity index (χ2v) is 7.91. The number of hydrogen-bond donors (Lipinski definition) is 4. The molecule has 1 amide bonds. The maximum atomic E-state index is 12.4. The molecule has 8 heteroatoms. The van der Waals surface area contributed by atoms with Gasteiger partial charge >= 0.3 is 5.97 Å². The summed E-state index contributed by atoms with van der Waals surface area (Å²) in [4.78, 5) is 28.1. The molecule has 34 heavy (non-hydrogen) atoms. The third kappa shape index (κ3) is 4.80. The first-order chi connectivity index (χ1) is 16.4. The van der Waals surface area contributed by atoms with E-state index in [1.165, 1.54) is 0 Å². The van der Waals surface area contributed by atoms with Crippen molar-refractivity contribution in [3.8, 4) is 0 Å². The van der Waals surface area contributed by atoms with Crippen LogP contribution in [-0.4, -0.2) is 32.4 Å². The first-order valence-corrected chi connectivity index (χ1v) is 10.9. The van der Waals surface area contributed by atoms with Crippen LogP contribution in [0, 0.1) is 5.41 Å². The SMILES string of the molecule is CCc1ccc(C(=O)NC(=N)c2ccc(NCc3nc4cc(C(=O)O)ccc4n3C)cc2)cc1. The molecular formula is C26H25N5O3. The minimum Gasteiger partial charge on any atom is -0.478 e. The number of rotatable bonds is 7. The minimum absolute atomic E-state index is 0.0284. The van der Waals surface area contributed by atoms with Gasteiger partial charge in [0.1, 0.15) is 11.7 Å². The van der Waals surface area contributed by atoms with E-state index >= 15 is 0 Å². The molecule has 0 unspecified atom stereocenters. The van der Waals surface area contributed by atoms with Crippen LogP contribution in [0.2, 0.25) is 0 Å². The van der Waals surface area contributed by atoms with Gasteiger partial charge in [-0.3, -0.25) is 10.2 Å². The number of aromatic carboxylic acids is 1. The Balaban J connectivity index is 1.38. The van der Waals surface area contributed by atoms with Gasteiger partial charge in [-0.1, -0.05) is 19.1 Å². The van der Waals surface area contributed by atoms with Gasteiger partial charge in [0.25, 0.3) is 5.91 Å². The van der Waals surface area contributed by atoms with E-state index in [0.717, 1.165) is 29.0 Å². The fraction of sp³-hybridized carbons (Fsp3) is 0.154. The van der Waals surface area contributed by atoms with Crippen LogP contribution in [0.15, 0.2) is 66.7 Å². The van der Waals surface area contributed by atoms with Gasteiger partial charge in [-0.25, -0.2) is 9.78 Å². The van der Waals surface area contributed by atoms with Gasteiger partial charge in [0.15, 0.2) is 0 Å². The fourth-order valence-corrected chi connectivity index (χ4v) is 3.63. The van der Waals surface area contributed by atoms with Crippen LogP contribution in [0.4, 0.5) is 5.69 Å². The molecule has 0 fully saturated rings. The van der Waals surface area contributed by atoms with Crippen LogP contribution in [-0.2, 0) is 20.0 Å². The topological polar surface area (TPSA) is 120 Å². The van der Waals surface area contributed by atoms with Crippen molar-refractivity contribution >= 4 is 34.4 Å². The van der Waals surface area contributed by atoms with E-state index in [4.69, 9.17) is 5.41 Å². The highest BCUT2D eigenvalue weighted by atomic mass is 16.4. The molecule has 8 nitrogen and oxygen atoms in total. The van der Waals surface area contributed by atoms with Crippen molar-refractivity contribution in [3.63, 3.8) is 0 Å². The molecule has 4 aromatic rings. The number of carbonyl (C=O) groups is 2. The van der Waals surface area contributed by atoms with Crippen molar-refractivity contribution < 1.29 is 14.7 Å². The average molecular weight is 456 g/mol. The number of fused-ring (bicyclic) bond motifs is 1. The van der Waals surface area contributed by atoms with Crippen molar-refractivity contribution in [3.05, 3.63) is 94.8 Å². The number of nitrogens with one attached hydrogen (secondary N) is 3. The van der Waals surface area contributed by atoms with Crippen molar-refractivity contribution in [2.75, 3.05) is 5.32 Å². The van der Waals surface area contributed by atoms with Crippen molar-refractivity contribution in [1.82, 2.24) is 14.9 Å². The monoisotopic (exact) mass is 455 g/mol. The van der Waals surface area contributed by atoms with E-state index in [1.807, 2.05) is 35.9 Å². The zero-order valence-corrected chi connectivity index (χ0v) is 18.9. The molecule has 0 saturated heterocycles. The summed E-state index contributed by atoms with van der Waals surface area (Å²) in [6, 6.07) is 19.4. The van der Waals surface area contributed by atoms with E-state index in [1.54, 1.807) is 42.5 Å². The second-order valence-electron chi connectivity index (χ2n) is 7.91. The Labute approximate surface area is 196 Å². The highest BCUT2D eigenvalue weighted by molar-refractivity contribution is 6.11. The van der Waals surface area contributed by atoms with Gasteiger partial charge < -0.3 is 20.3 Å². The Morgan fingerprint density at radius 1 is 0.971 bits per heavy atom. The molecule has 3 aromatic carbocycles. The van der Waals surface area contributed by atoms with E-state index < -0.39 is 5.97 Å². The normalized spacial score (nSPS) is 10.8. The van der Waals surface area contributed by atoms with Gasteiger partial charge in [0.05, 0.1) is 23.1 Å². The lowest BCUT2D eigenvalue weighted by Crippen LogP contribution is -2.30. The number of aromatic nitrogens is 2. The summed E-state index contributed by atoms with van der Waals surface area (Å²) < 4.78 is 1.92. The largest absolute Gasteiger partial charge is 0.478 e. The molecule has 0 radical (unpaired) electrons. The summed E-state index contributed by atoms with van der Waals surface area (Å²) in [5, 5.41) is 23.3. The zero-order chi connectivity index (χ0) is 24.2. The highest BCUT2D eigenvalue weighted by Crippen LogP contribution is 2.18. The van der Waals surface area contributed by atoms with Crippen LogP contribution in [0.1, 0.15) is 44.6 Å². The Kier molecular flexibility index (Phi) is 6.40. The Hall–Kier alpha value is -4.46. The lowest BCUT2D eigenvalue weighted by molar-refractivity contribution is 0.0696. The van der Waals surface area contributed by atoms with Gasteiger partial charge in [-0.2, -0.15) is 0 Å². The number of hydrogen-bond acceptors (Lipinski definition) is 5. The molecule has 0 bridgehead atoms. The predicted molar refractivity (Wildman–Crippen MR) is 132 cm³/mol. The summed E-state index contributed by atoms with van der Waals surface area (Å²) in [6.45, 7) is 2.49. The zero-order valence-electron chi connectivity index (χ0n) is 18.9. The Morgan fingerprint density at radius 2 is 1.62 bits per heavy atom. The molecule has 0 saturated carbocycles. The van der Waals surface area contributed by atoms with Gasteiger partial charge in [-0.05, 0) is 66.6 Å². The van der Waals surface area contributed by atoms with E-state index in [9.17, 15) is 14.7 Å². The molecule has 1 heterocycles. The highest BCUT2D eigenvalue weighted by Gasteiger charge is 2.12. The van der Waals surface area contributed by atoms with Gasteiger partial charge in [0.2, 0.25) is 0 Å². The minimum atomic E-state index is -0.983. The molecule has 0 spiro atoms. The number of anilines is 1. The number of amidine groups is 1. The summed E-state index contributed by atoms with van der Waals surface area (Å²) >= 11 is 0. The number of amides is 1. The quantitative estimate of drug-likeness (QED) is 0.246. The van der Waals surface area contributed by atoms with E-state index in [2.05, 4.69) is 22.5 Å². The molecule has 0 atom stereocenters. The molecule has 0 aliphatic rings. The number of carbonyl (C=O) groups excluding carboxylic acids is 1. The average Bonchev–Trinajstić information content (AvgIpc) is 3.17. The van der Waals surface area contributed by atoms with Gasteiger partial charge in [-0.15, -0.1) is 0 Å². The van der Waals surface area contributed by atoms with Crippen LogP contribution in [0.25, 0.3) is 11.0 Å². The van der Waals surface area contributed by atoms with Crippen LogP contribution in [0.3, 0.4) is 0 Å². The van der Waals surface area contributed by atoms with Crippen LogP contribution in [0.5, 0.6) is 0 Å². The first-order valence-electron chi connectivity index (χ1n) is 10.9. The number of carboxylic acids is 1. The molecule has 172 valence electrons. The predicted octanol–water partition coefficient (Wildman–Crippen LogP) is 4.20. The molecule has 1 aromatic heterocycles. The van der Waals surface area contributed by atoms with Crippen LogP contribution < -0.4 is 10.6 Å². The first kappa shape index (κ1) is 22.7. The van der Waals surface area contributed by atoms with Crippen molar-refractivity contribution in [2.45, 2.75) is 19.9 Å². The second kappa shape index (κ2) is 9.58. The third-order valence-electron chi connectivity index (χ3n) is 5.71. The maximum absolute atomic E-state index is 12.4. The summed E-state index contributed by atoms with van der Waals surface area (Å²) in [7, 11) is 1.88. The van der Waals surface area contributed by atoms with E-state index in [-0.39, 0.29) is 17.3 Å². The molecular weight excluding hydrogens is 430 g/mol. The fourth-order valence-electron chi connectivity index (χ4n) is 3.63. The van der Waals surface area contributed by atoms with Crippen LogP contribution >= 0.6 is 0 Å². The number of aryl methyl sites for hydroxylation is 2. The molecule has 0 aliphatic heterocycles. The lowest BCUT2D eigenvalue weighted by Gasteiger charge is -2.10. The number of nitrogens with zero attached hydrogens (tertiary/aromatic N) is 2. The lowest BCUT2D eigenvalue weighted by atomic mass is 10.1. The Bertz CT molecular complexity index is 1370. The third-order valence-corrected chi connectivity index (χ3v) is 5.71. The Morgan fingerprint density at radius 3 is 2.26 bits per heavy atom. The summed E-state index contributed by atoms with van der Waals surface area (Å²) in [5.74, 6) is -0.511. The number of imidazole rings is 1. The molecule has 4 rings (SSSR count).